The van der Waals surface area contributed by atoms with Crippen LogP contribution in [0.15, 0.2) is 65.6 Å². The van der Waals surface area contributed by atoms with Crippen molar-refractivity contribution in [3.63, 3.8) is 0 Å². The second kappa shape index (κ2) is 10.0. The molecule has 2 N–H and O–H groups in total. The number of amides is 1. The summed E-state index contributed by atoms with van der Waals surface area (Å²) in [4.78, 5) is 28.9. The van der Waals surface area contributed by atoms with E-state index in [1.807, 2.05) is 54.7 Å². The first-order valence-electron chi connectivity index (χ1n) is 11.8. The molecule has 0 unspecified atom stereocenters. The summed E-state index contributed by atoms with van der Waals surface area (Å²) in [5, 5.41) is 4.11. The fourth-order valence-corrected chi connectivity index (χ4v) is 5.43. The van der Waals surface area contributed by atoms with Crippen LogP contribution in [0.2, 0.25) is 0 Å². The highest BCUT2D eigenvalue weighted by Gasteiger charge is 2.26. The van der Waals surface area contributed by atoms with E-state index < -0.39 is 5.91 Å². The molecule has 10 nitrogen and oxygen atoms in total. The lowest BCUT2D eigenvalue weighted by Gasteiger charge is -2.22. The monoisotopic (exact) mass is 517 g/mol. The zero-order chi connectivity index (χ0) is 26.1. The van der Waals surface area contributed by atoms with Crippen LogP contribution >= 0.6 is 12.1 Å². The first-order valence-corrected chi connectivity index (χ1v) is 12.6. The quantitative estimate of drug-likeness (QED) is 0.372. The van der Waals surface area contributed by atoms with Crippen molar-refractivity contribution in [1.82, 2.24) is 19.3 Å². The Labute approximate surface area is 218 Å². The number of benzene rings is 2. The Morgan fingerprint density at radius 2 is 1.84 bits per heavy atom. The molecule has 4 aromatic rings. The normalized spacial score (nSPS) is 13.3. The highest BCUT2D eigenvalue weighted by Crippen LogP contribution is 2.38. The number of hydrogen-bond acceptors (Lipinski definition) is 8. The van der Waals surface area contributed by atoms with Gasteiger partial charge in [-0.2, -0.15) is 0 Å². The number of primary amides is 1. The van der Waals surface area contributed by atoms with Crippen LogP contribution in [0.1, 0.15) is 22.8 Å². The number of carbonyl (C=O) groups excluding carboxylic acids is 1. The number of ether oxygens (including phenoxy) is 1. The van der Waals surface area contributed by atoms with Crippen LogP contribution in [0.5, 0.6) is 6.01 Å². The Balaban J connectivity index is 1.43. The molecule has 2 aromatic carbocycles. The first kappa shape index (κ1) is 24.4. The number of carbonyl (C=O) groups is 1. The summed E-state index contributed by atoms with van der Waals surface area (Å²) in [7, 11) is 3.08. The first-order chi connectivity index (χ1) is 17.9. The third-order valence-electron chi connectivity index (χ3n) is 6.26. The summed E-state index contributed by atoms with van der Waals surface area (Å²) in [5.74, 6) is 0.469. The van der Waals surface area contributed by atoms with Gasteiger partial charge >= 0.3 is 11.7 Å². The zero-order valence-corrected chi connectivity index (χ0v) is 21.6. The largest absolute Gasteiger partial charge is 0.467 e. The molecule has 0 bridgehead atoms. The predicted molar refractivity (Wildman–Crippen MR) is 145 cm³/mol. The van der Waals surface area contributed by atoms with Crippen molar-refractivity contribution < 1.29 is 9.53 Å². The van der Waals surface area contributed by atoms with Gasteiger partial charge in [0.1, 0.15) is 5.82 Å². The number of rotatable bonds is 7. The van der Waals surface area contributed by atoms with E-state index in [9.17, 15) is 9.59 Å². The van der Waals surface area contributed by atoms with Crippen LogP contribution < -0.4 is 24.8 Å². The van der Waals surface area contributed by atoms with Crippen LogP contribution in [-0.2, 0) is 13.5 Å². The molecule has 1 amide bonds. The maximum Gasteiger partial charge on any atom is 0.353 e. The van der Waals surface area contributed by atoms with Crippen LogP contribution in [0.3, 0.4) is 0 Å². The van der Waals surface area contributed by atoms with Gasteiger partial charge in [-0.15, -0.1) is 5.10 Å². The molecule has 190 valence electrons. The Hall–Kier alpha value is -4.25. The fraction of sp³-hybridized carbons (Fsp3) is 0.231. The average Bonchev–Trinajstić information content (AvgIpc) is 3.53. The lowest BCUT2D eigenvalue weighted by atomic mass is 9.99. The van der Waals surface area contributed by atoms with Crippen molar-refractivity contribution in [2.75, 3.05) is 28.8 Å². The van der Waals surface area contributed by atoms with E-state index >= 15 is 0 Å². The second-order valence-corrected chi connectivity index (χ2v) is 9.53. The minimum Gasteiger partial charge on any atom is -0.467 e. The molecule has 11 heteroatoms. The molecule has 1 aliphatic rings. The minimum absolute atomic E-state index is 0.234. The van der Waals surface area contributed by atoms with Gasteiger partial charge in [0.25, 0.3) is 0 Å². The van der Waals surface area contributed by atoms with Gasteiger partial charge in [-0.1, -0.05) is 25.1 Å². The number of aryl methyl sites for hydroxylation is 1. The molecular formula is C26H27N7O3S. The maximum absolute atomic E-state index is 12.5. The van der Waals surface area contributed by atoms with E-state index in [1.54, 1.807) is 25.2 Å². The summed E-state index contributed by atoms with van der Waals surface area (Å²) >= 11 is 1.57. The van der Waals surface area contributed by atoms with Crippen LogP contribution in [-0.4, -0.2) is 45.4 Å². The molecule has 0 saturated carbocycles. The maximum atomic E-state index is 12.5. The average molecular weight is 518 g/mol. The van der Waals surface area contributed by atoms with Crippen LogP contribution in [0.4, 0.5) is 11.5 Å². The van der Waals surface area contributed by atoms with Gasteiger partial charge in [0.15, 0.2) is 0 Å². The second-order valence-electron chi connectivity index (χ2n) is 8.49. The third-order valence-corrected chi connectivity index (χ3v) is 7.40. The lowest BCUT2D eigenvalue weighted by Crippen LogP contribution is -2.21. The van der Waals surface area contributed by atoms with E-state index in [0.29, 0.717) is 11.3 Å². The van der Waals surface area contributed by atoms with E-state index in [4.69, 9.17) is 15.5 Å². The van der Waals surface area contributed by atoms with Crippen molar-refractivity contribution in [2.24, 2.45) is 12.8 Å². The molecule has 1 saturated heterocycles. The summed E-state index contributed by atoms with van der Waals surface area (Å²) in [6.45, 7) is 3.67. The van der Waals surface area contributed by atoms with Crippen molar-refractivity contribution in [2.45, 2.75) is 13.3 Å². The summed E-state index contributed by atoms with van der Waals surface area (Å²) in [6, 6.07) is 17.4. The minimum atomic E-state index is -0.441. The van der Waals surface area contributed by atoms with Gasteiger partial charge in [-0.05, 0) is 53.9 Å². The number of methoxy groups -OCH3 is 1. The Kier molecular flexibility index (Phi) is 6.62. The van der Waals surface area contributed by atoms with Gasteiger partial charge < -0.3 is 10.5 Å². The number of nitrogens with two attached hydrogens (primary N) is 1. The molecule has 3 heterocycles. The summed E-state index contributed by atoms with van der Waals surface area (Å²) < 4.78 is 12.3. The number of nitrogens with zero attached hydrogens (tertiary/aromatic N) is 6. The van der Waals surface area contributed by atoms with Crippen LogP contribution in [0, 0.1) is 0 Å². The van der Waals surface area contributed by atoms with Gasteiger partial charge in [0.2, 0.25) is 5.91 Å². The van der Waals surface area contributed by atoms with Gasteiger partial charge in [0, 0.05) is 36.6 Å². The number of anilines is 2. The Morgan fingerprint density at radius 1 is 1.08 bits per heavy atom. The molecule has 1 aliphatic heterocycles. The molecule has 5 rings (SSSR count). The predicted octanol–water partition coefficient (Wildman–Crippen LogP) is 3.19. The summed E-state index contributed by atoms with van der Waals surface area (Å²) in [5.41, 5.74) is 10.5. The Bertz CT molecular complexity index is 1510. The number of pyridine rings is 1. The van der Waals surface area contributed by atoms with Gasteiger partial charge in [-0.25, -0.2) is 19.0 Å². The molecule has 0 radical (unpaired) electrons. The van der Waals surface area contributed by atoms with Crippen LogP contribution in [0.25, 0.3) is 16.8 Å². The van der Waals surface area contributed by atoms with Gasteiger partial charge in [0.05, 0.1) is 31.5 Å². The van der Waals surface area contributed by atoms with E-state index in [2.05, 4.69) is 20.6 Å². The number of aromatic nitrogens is 4. The zero-order valence-electron chi connectivity index (χ0n) is 20.8. The lowest BCUT2D eigenvalue weighted by molar-refractivity contribution is 0.100. The van der Waals surface area contributed by atoms with Gasteiger partial charge in [-0.3, -0.25) is 13.4 Å². The molecule has 0 atom stereocenters. The smallest absolute Gasteiger partial charge is 0.353 e. The molecular weight excluding hydrogens is 490 g/mol. The highest BCUT2D eigenvalue weighted by molar-refractivity contribution is 8.02. The molecule has 0 spiro atoms. The van der Waals surface area contributed by atoms with E-state index in [0.717, 1.165) is 47.7 Å². The Morgan fingerprint density at radius 3 is 2.54 bits per heavy atom. The van der Waals surface area contributed by atoms with E-state index in [-0.39, 0.29) is 11.7 Å². The SMILES string of the molecule is CCc1c(-c2ccc(-n3c(OC)nn(C)c3=O)cc2)ccnc1N1CCN(c2cccc(C(N)=O)c2)S1. The van der Waals surface area contributed by atoms with E-state index in [1.165, 1.54) is 16.4 Å². The third kappa shape index (κ3) is 4.53. The van der Waals surface area contributed by atoms with Crippen molar-refractivity contribution in [3.05, 3.63) is 82.4 Å². The molecule has 0 aliphatic carbocycles. The number of hydrogen-bond donors (Lipinski definition) is 1. The summed E-state index contributed by atoms with van der Waals surface area (Å²) in [6.07, 6.45) is 2.62. The molecule has 2 aromatic heterocycles. The standard InChI is InChI=1S/C26H27N7O3S/c1-4-21-22(17-8-10-19(11-9-17)33-25(36-3)29-30(2)26(33)35)12-13-28-24(21)32-15-14-31(37-32)20-7-5-6-18(16-20)23(27)34/h5-13,16H,4,14-15H2,1-3H3,(H2,27,34). The molecule has 1 fully saturated rings. The van der Waals surface area contributed by atoms with Crippen molar-refractivity contribution in [3.8, 4) is 22.8 Å². The highest BCUT2D eigenvalue weighted by atomic mass is 32.2. The topological polar surface area (TPSA) is 112 Å². The van der Waals surface area contributed by atoms with Crippen molar-refractivity contribution in [1.29, 1.82) is 0 Å². The van der Waals surface area contributed by atoms with Crippen molar-refractivity contribution >= 4 is 29.5 Å². The molecule has 37 heavy (non-hydrogen) atoms. The fourth-order valence-electron chi connectivity index (χ4n) is 4.42.